The molecule has 0 fully saturated rings. The van der Waals surface area contributed by atoms with Crippen LogP contribution in [0.1, 0.15) is 26.3 Å². The standard InChI is InChI=1S/C12H17Br2NO2S/c1-5-15(8(2)3)18(16,17)12-7-10(13)9(4)6-11(12)14/h6-8H,5H2,1-4H3. The maximum absolute atomic E-state index is 12.6. The normalized spacial score (nSPS) is 12.4. The van der Waals surface area contributed by atoms with E-state index in [1.165, 1.54) is 4.31 Å². The Hall–Kier alpha value is 0.0900. The van der Waals surface area contributed by atoms with Gasteiger partial charge in [0, 0.05) is 21.5 Å². The molecule has 1 rings (SSSR count). The van der Waals surface area contributed by atoms with E-state index in [1.807, 2.05) is 33.8 Å². The Kier molecular flexibility index (Phi) is 5.41. The zero-order valence-corrected chi connectivity index (χ0v) is 14.9. The van der Waals surface area contributed by atoms with Gasteiger partial charge >= 0.3 is 0 Å². The monoisotopic (exact) mass is 397 g/mol. The van der Waals surface area contributed by atoms with Crippen molar-refractivity contribution in [3.63, 3.8) is 0 Å². The molecule has 1 aromatic rings. The lowest BCUT2D eigenvalue weighted by atomic mass is 10.2. The zero-order valence-electron chi connectivity index (χ0n) is 10.9. The van der Waals surface area contributed by atoms with E-state index < -0.39 is 10.0 Å². The van der Waals surface area contributed by atoms with E-state index in [4.69, 9.17) is 0 Å². The molecule has 18 heavy (non-hydrogen) atoms. The van der Waals surface area contributed by atoms with E-state index in [1.54, 1.807) is 6.07 Å². The summed E-state index contributed by atoms with van der Waals surface area (Å²) in [4.78, 5) is 0.301. The van der Waals surface area contributed by atoms with E-state index in [0.29, 0.717) is 15.9 Å². The Balaban J connectivity index is 3.41. The number of rotatable bonds is 4. The van der Waals surface area contributed by atoms with Crippen LogP contribution >= 0.6 is 31.9 Å². The van der Waals surface area contributed by atoms with Crippen LogP contribution in [-0.2, 0) is 10.0 Å². The van der Waals surface area contributed by atoms with Gasteiger partial charge in [0.15, 0.2) is 0 Å². The number of hydrogen-bond donors (Lipinski definition) is 0. The van der Waals surface area contributed by atoms with Crippen molar-refractivity contribution in [3.05, 3.63) is 26.6 Å². The first kappa shape index (κ1) is 16.1. The molecule has 0 amide bonds. The molecule has 0 saturated heterocycles. The third kappa shape index (κ3) is 3.15. The maximum atomic E-state index is 12.6. The summed E-state index contributed by atoms with van der Waals surface area (Å²) in [5.41, 5.74) is 0.994. The predicted octanol–water partition coefficient (Wildman–Crippen LogP) is 3.94. The summed E-state index contributed by atoms with van der Waals surface area (Å²) in [5.74, 6) is 0. The van der Waals surface area contributed by atoms with Crippen molar-refractivity contribution in [2.75, 3.05) is 6.54 Å². The Bertz CT molecular complexity index is 541. The first-order valence-electron chi connectivity index (χ1n) is 5.69. The molecule has 0 N–H and O–H groups in total. The quantitative estimate of drug-likeness (QED) is 0.770. The molecule has 0 bridgehead atoms. The predicted molar refractivity (Wildman–Crippen MR) is 81.3 cm³/mol. The van der Waals surface area contributed by atoms with Crippen molar-refractivity contribution in [3.8, 4) is 0 Å². The van der Waals surface area contributed by atoms with Crippen LogP contribution in [0.15, 0.2) is 26.0 Å². The second-order valence-electron chi connectivity index (χ2n) is 4.33. The number of benzene rings is 1. The number of nitrogens with zero attached hydrogens (tertiary/aromatic N) is 1. The molecule has 0 heterocycles. The van der Waals surface area contributed by atoms with E-state index in [0.717, 1.165) is 10.0 Å². The summed E-state index contributed by atoms with van der Waals surface area (Å²) in [6, 6.07) is 3.40. The first-order chi connectivity index (χ1) is 8.21. The number of sulfonamides is 1. The van der Waals surface area contributed by atoms with Crippen LogP contribution in [0.5, 0.6) is 0 Å². The Morgan fingerprint density at radius 3 is 2.22 bits per heavy atom. The Morgan fingerprint density at radius 2 is 1.78 bits per heavy atom. The zero-order chi connectivity index (χ0) is 14.1. The van der Waals surface area contributed by atoms with Gasteiger partial charge in [-0.25, -0.2) is 8.42 Å². The smallest absolute Gasteiger partial charge is 0.207 e. The highest BCUT2D eigenvalue weighted by Gasteiger charge is 2.27. The molecular formula is C12H17Br2NO2S. The van der Waals surface area contributed by atoms with Crippen molar-refractivity contribution in [1.29, 1.82) is 0 Å². The van der Waals surface area contributed by atoms with Crippen LogP contribution in [-0.4, -0.2) is 25.3 Å². The van der Waals surface area contributed by atoms with Crippen LogP contribution in [0.2, 0.25) is 0 Å². The molecule has 3 nitrogen and oxygen atoms in total. The van der Waals surface area contributed by atoms with Crippen molar-refractivity contribution >= 4 is 41.9 Å². The highest BCUT2D eigenvalue weighted by atomic mass is 79.9. The highest BCUT2D eigenvalue weighted by Crippen LogP contribution is 2.31. The Labute approximate surface area is 126 Å². The van der Waals surface area contributed by atoms with Crippen LogP contribution in [0.25, 0.3) is 0 Å². The van der Waals surface area contributed by atoms with Gasteiger partial charge in [-0.2, -0.15) is 4.31 Å². The maximum Gasteiger partial charge on any atom is 0.244 e. The van der Waals surface area contributed by atoms with Gasteiger partial charge in [-0.1, -0.05) is 22.9 Å². The fraction of sp³-hybridized carbons (Fsp3) is 0.500. The minimum absolute atomic E-state index is 0.0630. The van der Waals surface area contributed by atoms with Gasteiger partial charge in [0.1, 0.15) is 0 Å². The topological polar surface area (TPSA) is 37.4 Å². The summed E-state index contributed by atoms with van der Waals surface area (Å²) < 4.78 is 28.0. The summed E-state index contributed by atoms with van der Waals surface area (Å²) in [7, 11) is -3.46. The van der Waals surface area contributed by atoms with Gasteiger partial charge in [0.25, 0.3) is 0 Å². The third-order valence-electron chi connectivity index (χ3n) is 2.69. The number of halogens is 2. The average molecular weight is 399 g/mol. The summed E-state index contributed by atoms with van der Waals surface area (Å²) >= 11 is 6.71. The highest BCUT2D eigenvalue weighted by molar-refractivity contribution is 9.11. The van der Waals surface area contributed by atoms with Crippen molar-refractivity contribution in [1.82, 2.24) is 4.31 Å². The summed E-state index contributed by atoms with van der Waals surface area (Å²) in [5, 5.41) is 0. The molecule has 0 aliphatic rings. The number of hydrogen-bond acceptors (Lipinski definition) is 2. The van der Waals surface area contributed by atoms with E-state index in [2.05, 4.69) is 31.9 Å². The van der Waals surface area contributed by atoms with E-state index in [-0.39, 0.29) is 6.04 Å². The van der Waals surface area contributed by atoms with E-state index in [9.17, 15) is 8.42 Å². The van der Waals surface area contributed by atoms with Gasteiger partial charge in [0.05, 0.1) is 4.90 Å². The van der Waals surface area contributed by atoms with Crippen LogP contribution < -0.4 is 0 Å². The molecule has 0 spiro atoms. The lowest BCUT2D eigenvalue weighted by Crippen LogP contribution is -2.36. The SMILES string of the molecule is CCN(C(C)C)S(=O)(=O)c1cc(Br)c(C)cc1Br. The van der Waals surface area contributed by atoms with Crippen LogP contribution in [0, 0.1) is 6.92 Å². The molecule has 0 atom stereocenters. The molecule has 6 heteroatoms. The largest absolute Gasteiger partial charge is 0.244 e. The van der Waals surface area contributed by atoms with Crippen molar-refractivity contribution < 1.29 is 8.42 Å². The molecule has 1 aromatic carbocycles. The average Bonchev–Trinajstić information content (AvgIpc) is 2.23. The molecule has 0 aliphatic carbocycles. The summed E-state index contributed by atoms with van der Waals surface area (Å²) in [6.07, 6.45) is 0. The second-order valence-corrected chi connectivity index (χ2v) is 7.90. The minimum atomic E-state index is -3.46. The van der Waals surface area contributed by atoms with Crippen molar-refractivity contribution in [2.24, 2.45) is 0 Å². The fourth-order valence-corrected chi connectivity index (χ4v) is 5.05. The van der Waals surface area contributed by atoms with Crippen molar-refractivity contribution in [2.45, 2.75) is 38.6 Å². The lowest BCUT2D eigenvalue weighted by Gasteiger charge is -2.25. The lowest BCUT2D eigenvalue weighted by molar-refractivity contribution is 0.369. The van der Waals surface area contributed by atoms with Crippen LogP contribution in [0.3, 0.4) is 0 Å². The van der Waals surface area contributed by atoms with Gasteiger partial charge in [-0.05, 0) is 54.4 Å². The van der Waals surface area contributed by atoms with Crippen LogP contribution in [0.4, 0.5) is 0 Å². The molecule has 0 unspecified atom stereocenters. The molecule has 0 aliphatic heterocycles. The first-order valence-corrected chi connectivity index (χ1v) is 8.71. The summed E-state index contributed by atoms with van der Waals surface area (Å²) in [6.45, 7) is 7.97. The fourth-order valence-electron chi connectivity index (χ4n) is 1.76. The molecular weight excluding hydrogens is 382 g/mol. The molecule has 0 aromatic heterocycles. The second kappa shape index (κ2) is 6.03. The molecule has 102 valence electrons. The van der Waals surface area contributed by atoms with Gasteiger partial charge in [-0.15, -0.1) is 0 Å². The molecule has 0 saturated carbocycles. The minimum Gasteiger partial charge on any atom is -0.207 e. The third-order valence-corrected chi connectivity index (χ3v) is 6.65. The Morgan fingerprint density at radius 1 is 1.22 bits per heavy atom. The molecule has 0 radical (unpaired) electrons. The van der Waals surface area contributed by atoms with E-state index >= 15 is 0 Å². The number of aryl methyl sites for hydroxylation is 1. The van der Waals surface area contributed by atoms with Gasteiger partial charge < -0.3 is 0 Å². The van der Waals surface area contributed by atoms with Gasteiger partial charge in [-0.3, -0.25) is 0 Å². The van der Waals surface area contributed by atoms with Gasteiger partial charge in [0.2, 0.25) is 10.0 Å².